The number of amides is 3. The number of carbonyl (C=O) groups is 2. The summed E-state index contributed by atoms with van der Waals surface area (Å²) >= 11 is 0. The molecule has 6 N–H and O–H groups in total. The van der Waals surface area contributed by atoms with Gasteiger partial charge in [0.1, 0.15) is 0 Å². The molecule has 3 amide bonds. The van der Waals surface area contributed by atoms with Crippen LogP contribution >= 0.6 is 0 Å². The molecule has 1 aliphatic heterocycles. The van der Waals surface area contributed by atoms with Crippen LogP contribution < -0.4 is 26.2 Å². The standard InChI is InChI=1S/C20H28N10O2/c1-2-3-8-22-20(32)27-16(15-23-13-6-4-5-7-14(13)24-15)25-18(31)17-26-19(29-28-17)30-11-9-21-10-12-30/h4-7,16,21H,2-3,8-12H2,1H3,(H,23,24)(H,25,31)(H2,22,27,32)(H,26,28,29). The van der Waals surface area contributed by atoms with E-state index in [0.29, 0.717) is 18.3 Å². The second-order valence-corrected chi connectivity index (χ2v) is 7.52. The fourth-order valence-corrected chi connectivity index (χ4v) is 3.40. The highest BCUT2D eigenvalue weighted by molar-refractivity contribution is 5.91. The van der Waals surface area contributed by atoms with Crippen molar-refractivity contribution in [3.63, 3.8) is 0 Å². The maximum absolute atomic E-state index is 12.9. The third kappa shape index (κ3) is 5.14. The van der Waals surface area contributed by atoms with E-state index in [2.05, 4.69) is 46.4 Å². The zero-order valence-electron chi connectivity index (χ0n) is 17.9. The van der Waals surface area contributed by atoms with Crippen molar-refractivity contribution in [1.29, 1.82) is 0 Å². The van der Waals surface area contributed by atoms with Crippen molar-refractivity contribution in [2.24, 2.45) is 0 Å². The molecule has 3 aromatic rings. The van der Waals surface area contributed by atoms with Crippen LogP contribution in [0.25, 0.3) is 11.0 Å². The minimum atomic E-state index is -0.885. The number of rotatable bonds is 8. The van der Waals surface area contributed by atoms with Crippen LogP contribution in [0.1, 0.15) is 42.4 Å². The molecule has 0 saturated carbocycles. The molecule has 3 heterocycles. The first-order valence-corrected chi connectivity index (χ1v) is 10.8. The van der Waals surface area contributed by atoms with Gasteiger partial charge in [-0.3, -0.25) is 9.89 Å². The van der Waals surface area contributed by atoms with Crippen molar-refractivity contribution in [2.45, 2.75) is 25.9 Å². The van der Waals surface area contributed by atoms with Gasteiger partial charge in [0.15, 0.2) is 12.0 Å². The molecule has 4 rings (SSSR count). The molecule has 12 heteroatoms. The molecule has 1 aliphatic rings. The molecule has 12 nitrogen and oxygen atoms in total. The highest BCUT2D eigenvalue weighted by Crippen LogP contribution is 2.15. The second-order valence-electron chi connectivity index (χ2n) is 7.52. The average molecular weight is 441 g/mol. The van der Waals surface area contributed by atoms with Crippen LogP contribution in [0.15, 0.2) is 24.3 Å². The lowest BCUT2D eigenvalue weighted by molar-refractivity contribution is 0.0919. The molecule has 0 spiro atoms. The number of benzene rings is 1. The number of aromatic nitrogens is 5. The summed E-state index contributed by atoms with van der Waals surface area (Å²) < 4.78 is 0. The van der Waals surface area contributed by atoms with Crippen LogP contribution in [0.5, 0.6) is 0 Å². The molecule has 1 unspecified atom stereocenters. The van der Waals surface area contributed by atoms with E-state index >= 15 is 0 Å². The van der Waals surface area contributed by atoms with Gasteiger partial charge < -0.3 is 31.2 Å². The van der Waals surface area contributed by atoms with Gasteiger partial charge in [-0.25, -0.2) is 9.78 Å². The highest BCUT2D eigenvalue weighted by Gasteiger charge is 2.24. The summed E-state index contributed by atoms with van der Waals surface area (Å²) in [6.07, 6.45) is 0.941. The van der Waals surface area contributed by atoms with E-state index in [4.69, 9.17) is 0 Å². The minimum Gasteiger partial charge on any atom is -0.339 e. The number of carbonyl (C=O) groups excluding carboxylic acids is 2. The number of piperazine rings is 1. The Balaban J connectivity index is 1.49. The molecule has 1 fully saturated rings. The van der Waals surface area contributed by atoms with Gasteiger partial charge >= 0.3 is 6.03 Å². The SMILES string of the molecule is CCCCNC(=O)NC(NC(=O)c1nc(N2CCNCC2)n[nH]1)c1nc2ccccc2[nH]1. The molecule has 0 radical (unpaired) electrons. The zero-order chi connectivity index (χ0) is 22.3. The van der Waals surface area contributed by atoms with Gasteiger partial charge in [0, 0.05) is 32.7 Å². The van der Waals surface area contributed by atoms with Gasteiger partial charge in [-0.15, -0.1) is 5.10 Å². The van der Waals surface area contributed by atoms with E-state index < -0.39 is 18.1 Å². The fourth-order valence-electron chi connectivity index (χ4n) is 3.40. The third-order valence-electron chi connectivity index (χ3n) is 5.14. The maximum atomic E-state index is 12.9. The van der Waals surface area contributed by atoms with Gasteiger partial charge in [0.05, 0.1) is 11.0 Å². The number of hydrogen-bond donors (Lipinski definition) is 6. The van der Waals surface area contributed by atoms with Crippen molar-refractivity contribution in [3.8, 4) is 0 Å². The van der Waals surface area contributed by atoms with E-state index in [9.17, 15) is 9.59 Å². The number of unbranched alkanes of at least 4 members (excludes halogenated alkanes) is 1. The summed E-state index contributed by atoms with van der Waals surface area (Å²) in [5.41, 5.74) is 1.53. The van der Waals surface area contributed by atoms with Crippen molar-refractivity contribution in [3.05, 3.63) is 35.9 Å². The van der Waals surface area contributed by atoms with Gasteiger partial charge in [0.2, 0.25) is 11.8 Å². The average Bonchev–Trinajstić information content (AvgIpc) is 3.47. The number of nitrogens with zero attached hydrogens (tertiary/aromatic N) is 4. The molecular formula is C20H28N10O2. The van der Waals surface area contributed by atoms with Gasteiger partial charge in [-0.1, -0.05) is 25.5 Å². The quantitative estimate of drug-likeness (QED) is 0.221. The molecule has 0 bridgehead atoms. The van der Waals surface area contributed by atoms with Crippen molar-refractivity contribution in [2.75, 3.05) is 37.6 Å². The summed E-state index contributed by atoms with van der Waals surface area (Å²) in [6.45, 7) is 5.78. The van der Waals surface area contributed by atoms with Crippen LogP contribution in [0.2, 0.25) is 0 Å². The predicted molar refractivity (Wildman–Crippen MR) is 119 cm³/mol. The zero-order valence-corrected chi connectivity index (χ0v) is 17.9. The smallest absolute Gasteiger partial charge is 0.316 e. The summed E-state index contributed by atoms with van der Waals surface area (Å²) in [5.74, 6) is 0.445. The van der Waals surface area contributed by atoms with Gasteiger partial charge in [-0.05, 0) is 18.6 Å². The molecule has 0 aliphatic carbocycles. The van der Waals surface area contributed by atoms with E-state index in [1.165, 1.54) is 0 Å². The largest absolute Gasteiger partial charge is 0.339 e. The molecule has 2 aromatic heterocycles. The number of para-hydroxylation sites is 2. The fraction of sp³-hybridized carbons (Fsp3) is 0.450. The number of urea groups is 1. The Morgan fingerprint density at radius 2 is 1.97 bits per heavy atom. The van der Waals surface area contributed by atoms with Crippen LogP contribution in [-0.4, -0.2) is 69.8 Å². The van der Waals surface area contributed by atoms with Crippen LogP contribution in [-0.2, 0) is 0 Å². The summed E-state index contributed by atoms with van der Waals surface area (Å²) in [5, 5.41) is 18.4. The Morgan fingerprint density at radius 3 is 2.75 bits per heavy atom. The number of fused-ring (bicyclic) bond motifs is 1. The predicted octanol–water partition coefficient (Wildman–Crippen LogP) is 0.619. The number of anilines is 1. The van der Waals surface area contributed by atoms with E-state index in [0.717, 1.165) is 50.1 Å². The lowest BCUT2D eigenvalue weighted by atomic mass is 10.3. The molecule has 170 valence electrons. The Labute approximate surface area is 185 Å². The first kappa shape index (κ1) is 21.6. The lowest BCUT2D eigenvalue weighted by Crippen LogP contribution is -2.46. The van der Waals surface area contributed by atoms with Gasteiger partial charge in [0.25, 0.3) is 5.91 Å². The second kappa shape index (κ2) is 10.1. The highest BCUT2D eigenvalue weighted by atomic mass is 16.2. The summed E-state index contributed by atoms with van der Waals surface area (Å²) in [4.78, 5) is 39.3. The van der Waals surface area contributed by atoms with Crippen LogP contribution in [0.4, 0.5) is 10.7 Å². The maximum Gasteiger partial charge on any atom is 0.316 e. The number of H-pyrrole nitrogens is 2. The van der Waals surface area contributed by atoms with Crippen molar-refractivity contribution < 1.29 is 9.59 Å². The molecule has 1 saturated heterocycles. The van der Waals surface area contributed by atoms with Crippen LogP contribution in [0, 0.1) is 0 Å². The number of aromatic amines is 2. The van der Waals surface area contributed by atoms with E-state index in [1.807, 2.05) is 36.1 Å². The number of imidazole rings is 1. The number of hydrogen-bond acceptors (Lipinski definition) is 7. The molecule has 1 aromatic carbocycles. The Bertz CT molecular complexity index is 1020. The Hall–Kier alpha value is -3.67. The normalized spacial score (nSPS) is 14.8. The Morgan fingerprint density at radius 1 is 1.16 bits per heavy atom. The monoisotopic (exact) mass is 440 g/mol. The van der Waals surface area contributed by atoms with Crippen LogP contribution in [0.3, 0.4) is 0 Å². The summed E-state index contributed by atoms with van der Waals surface area (Å²) in [7, 11) is 0. The first-order chi connectivity index (χ1) is 15.6. The van der Waals surface area contributed by atoms with E-state index in [-0.39, 0.29) is 5.82 Å². The topological polar surface area (TPSA) is 156 Å². The van der Waals surface area contributed by atoms with Crippen molar-refractivity contribution >= 4 is 28.9 Å². The minimum absolute atomic E-state index is 0.0628. The Kier molecular flexibility index (Phi) is 6.80. The third-order valence-corrected chi connectivity index (χ3v) is 5.14. The summed E-state index contributed by atoms with van der Waals surface area (Å²) in [6, 6.07) is 7.09. The van der Waals surface area contributed by atoms with Gasteiger partial charge in [-0.2, -0.15) is 4.98 Å². The number of nitrogens with one attached hydrogen (secondary N) is 6. The molecular weight excluding hydrogens is 412 g/mol. The molecule has 1 atom stereocenters. The van der Waals surface area contributed by atoms with Crippen molar-refractivity contribution in [1.82, 2.24) is 46.4 Å². The molecule has 32 heavy (non-hydrogen) atoms. The first-order valence-electron chi connectivity index (χ1n) is 10.8. The van der Waals surface area contributed by atoms with E-state index in [1.54, 1.807) is 0 Å². The lowest BCUT2D eigenvalue weighted by Gasteiger charge is -2.25.